The lowest BCUT2D eigenvalue weighted by atomic mass is 10.1. The third kappa shape index (κ3) is 4.39. The maximum atomic E-state index is 12.1. The predicted molar refractivity (Wildman–Crippen MR) is 91.7 cm³/mol. The van der Waals surface area contributed by atoms with E-state index in [-0.39, 0.29) is 4.90 Å². The normalized spacial score (nSPS) is 12.3. The van der Waals surface area contributed by atoms with E-state index in [4.69, 9.17) is 16.3 Å². The first-order valence-electron chi connectivity index (χ1n) is 7.05. The molecule has 0 saturated heterocycles. The monoisotopic (exact) mass is 368 g/mol. The number of benzene rings is 2. The van der Waals surface area contributed by atoms with Crippen molar-refractivity contribution in [3.05, 3.63) is 59.1 Å². The number of methoxy groups -OCH3 is 1. The summed E-state index contributed by atoms with van der Waals surface area (Å²) in [7, 11) is -2.43. The van der Waals surface area contributed by atoms with Crippen LogP contribution in [0.25, 0.3) is 0 Å². The molecule has 2 N–H and O–H groups in total. The summed E-state index contributed by atoms with van der Waals surface area (Å²) in [6, 6.07) is 11.3. The third-order valence-corrected chi connectivity index (χ3v) is 4.87. The van der Waals surface area contributed by atoms with Crippen LogP contribution in [-0.2, 0) is 10.0 Å². The van der Waals surface area contributed by atoms with Gasteiger partial charge in [-0.1, -0.05) is 29.8 Å². The summed E-state index contributed by atoms with van der Waals surface area (Å²) in [5.41, 5.74) is 0.636. The van der Waals surface area contributed by atoms with Crippen LogP contribution in [0.3, 0.4) is 0 Å². The largest absolute Gasteiger partial charge is 0.496 e. The van der Waals surface area contributed by atoms with Gasteiger partial charge in [-0.05, 0) is 37.3 Å². The van der Waals surface area contributed by atoms with E-state index in [1.807, 2.05) is 4.72 Å². The second-order valence-electron chi connectivity index (χ2n) is 5.00. The van der Waals surface area contributed by atoms with E-state index < -0.39 is 22.1 Å². The number of hydrogen-bond donors (Lipinski definition) is 2. The van der Waals surface area contributed by atoms with E-state index >= 15 is 0 Å². The van der Waals surface area contributed by atoms with Gasteiger partial charge in [-0.3, -0.25) is 0 Å². The molecule has 2 rings (SSSR count). The molecule has 0 aliphatic carbocycles. The fourth-order valence-electron chi connectivity index (χ4n) is 2.13. The summed E-state index contributed by atoms with van der Waals surface area (Å²) in [5.74, 6) is 0.540. The van der Waals surface area contributed by atoms with E-state index in [1.165, 1.54) is 19.2 Å². The number of urea groups is 1. The molecule has 24 heavy (non-hydrogen) atoms. The Hall–Kier alpha value is -2.25. The number of sulfonamides is 1. The van der Waals surface area contributed by atoms with Gasteiger partial charge in [0, 0.05) is 10.6 Å². The molecule has 128 valence electrons. The van der Waals surface area contributed by atoms with Crippen molar-refractivity contribution in [2.24, 2.45) is 0 Å². The zero-order chi connectivity index (χ0) is 17.7. The highest BCUT2D eigenvalue weighted by molar-refractivity contribution is 7.90. The van der Waals surface area contributed by atoms with Crippen LogP contribution in [0.1, 0.15) is 18.5 Å². The van der Waals surface area contributed by atoms with Crippen LogP contribution >= 0.6 is 11.6 Å². The molecule has 0 aliphatic heterocycles. The number of ether oxygens (including phenoxy) is 1. The Morgan fingerprint density at radius 1 is 1.17 bits per heavy atom. The summed E-state index contributed by atoms with van der Waals surface area (Å²) in [6.45, 7) is 1.70. The Morgan fingerprint density at radius 2 is 1.83 bits per heavy atom. The Labute approximate surface area is 145 Å². The fraction of sp³-hybridized carbons (Fsp3) is 0.188. The molecule has 2 aromatic carbocycles. The molecule has 0 aromatic heterocycles. The number of amides is 2. The van der Waals surface area contributed by atoms with Crippen LogP contribution in [0.2, 0.25) is 5.02 Å². The second-order valence-corrected chi connectivity index (χ2v) is 7.12. The van der Waals surface area contributed by atoms with Gasteiger partial charge in [0.15, 0.2) is 0 Å². The molecule has 0 bridgehead atoms. The van der Waals surface area contributed by atoms with E-state index in [0.29, 0.717) is 16.3 Å². The van der Waals surface area contributed by atoms with Gasteiger partial charge in [0.2, 0.25) is 0 Å². The lowest BCUT2D eigenvalue weighted by Crippen LogP contribution is -2.40. The molecule has 0 spiro atoms. The minimum absolute atomic E-state index is 0.00754. The molecule has 0 saturated carbocycles. The van der Waals surface area contributed by atoms with Crippen molar-refractivity contribution in [3.8, 4) is 5.75 Å². The summed E-state index contributed by atoms with van der Waals surface area (Å²) >= 11 is 5.96. The minimum atomic E-state index is -3.93. The fourth-order valence-corrected chi connectivity index (χ4v) is 3.24. The Morgan fingerprint density at radius 3 is 2.46 bits per heavy atom. The highest BCUT2D eigenvalue weighted by atomic mass is 35.5. The number of carbonyl (C=O) groups excluding carboxylic acids is 1. The molecule has 0 radical (unpaired) electrons. The number of hydrogen-bond acceptors (Lipinski definition) is 4. The Kier molecular flexibility index (Phi) is 5.69. The van der Waals surface area contributed by atoms with Crippen molar-refractivity contribution in [2.75, 3.05) is 7.11 Å². The average Bonchev–Trinajstić information content (AvgIpc) is 2.55. The van der Waals surface area contributed by atoms with E-state index in [0.717, 1.165) is 0 Å². The highest BCUT2D eigenvalue weighted by Gasteiger charge is 2.20. The molecular formula is C16H17ClN2O4S. The van der Waals surface area contributed by atoms with Gasteiger partial charge < -0.3 is 10.1 Å². The van der Waals surface area contributed by atoms with Crippen LogP contribution in [0.15, 0.2) is 53.4 Å². The van der Waals surface area contributed by atoms with Gasteiger partial charge in [-0.25, -0.2) is 17.9 Å². The minimum Gasteiger partial charge on any atom is -0.496 e. The van der Waals surface area contributed by atoms with Crippen molar-refractivity contribution in [3.63, 3.8) is 0 Å². The summed E-state index contributed by atoms with van der Waals surface area (Å²) in [4.78, 5) is 12.0. The molecule has 1 atom stereocenters. The van der Waals surface area contributed by atoms with Crippen molar-refractivity contribution >= 4 is 27.7 Å². The smallest absolute Gasteiger partial charge is 0.329 e. The molecule has 0 aliphatic rings. The van der Waals surface area contributed by atoms with Gasteiger partial charge >= 0.3 is 6.03 Å². The van der Waals surface area contributed by atoms with Crippen LogP contribution in [0.5, 0.6) is 5.75 Å². The molecule has 2 aromatic rings. The predicted octanol–water partition coefficient (Wildman–Crippen LogP) is 3.10. The van der Waals surface area contributed by atoms with Gasteiger partial charge in [-0.2, -0.15) is 0 Å². The number of rotatable bonds is 5. The molecule has 0 heterocycles. The summed E-state index contributed by atoms with van der Waals surface area (Å²) in [6.07, 6.45) is 0. The van der Waals surface area contributed by atoms with Crippen LogP contribution in [-0.4, -0.2) is 21.6 Å². The Balaban J connectivity index is 2.11. The maximum absolute atomic E-state index is 12.1. The average molecular weight is 369 g/mol. The lowest BCUT2D eigenvalue weighted by Gasteiger charge is -2.18. The first kappa shape index (κ1) is 18.1. The quantitative estimate of drug-likeness (QED) is 0.849. The van der Waals surface area contributed by atoms with Crippen molar-refractivity contribution < 1.29 is 17.9 Å². The zero-order valence-corrected chi connectivity index (χ0v) is 14.7. The topological polar surface area (TPSA) is 84.5 Å². The van der Waals surface area contributed by atoms with Crippen molar-refractivity contribution in [2.45, 2.75) is 17.9 Å². The first-order chi connectivity index (χ1) is 11.3. The SMILES string of the molecule is COc1ccc(Cl)cc1C(C)NC(=O)NS(=O)(=O)c1ccccc1. The highest BCUT2D eigenvalue weighted by Crippen LogP contribution is 2.28. The Bertz CT molecular complexity index is 825. The standard InChI is InChI=1S/C16H17ClN2O4S/c1-11(14-10-12(17)8-9-15(14)23-2)18-16(20)19-24(21,22)13-6-4-3-5-7-13/h3-11H,1-2H3,(H2,18,19,20). The number of carbonyl (C=O) groups is 1. The van der Waals surface area contributed by atoms with Gasteiger partial charge in [0.25, 0.3) is 10.0 Å². The molecule has 6 nitrogen and oxygen atoms in total. The third-order valence-electron chi connectivity index (χ3n) is 3.29. The van der Waals surface area contributed by atoms with Crippen LogP contribution < -0.4 is 14.8 Å². The summed E-state index contributed by atoms with van der Waals surface area (Å²) in [5, 5.41) is 3.04. The second kappa shape index (κ2) is 7.55. The van der Waals surface area contributed by atoms with Crippen LogP contribution in [0, 0.1) is 0 Å². The number of nitrogens with one attached hydrogen (secondary N) is 2. The summed E-state index contributed by atoms with van der Waals surface area (Å²) < 4.78 is 31.4. The lowest BCUT2D eigenvalue weighted by molar-refractivity contribution is 0.242. The van der Waals surface area contributed by atoms with Crippen molar-refractivity contribution in [1.29, 1.82) is 0 Å². The van der Waals surface area contributed by atoms with Gasteiger partial charge in [-0.15, -0.1) is 0 Å². The molecular weight excluding hydrogens is 352 g/mol. The molecule has 8 heteroatoms. The van der Waals surface area contributed by atoms with Gasteiger partial charge in [0.05, 0.1) is 18.0 Å². The number of halogens is 1. The molecule has 1 unspecified atom stereocenters. The van der Waals surface area contributed by atoms with E-state index in [2.05, 4.69) is 5.32 Å². The zero-order valence-electron chi connectivity index (χ0n) is 13.1. The van der Waals surface area contributed by atoms with Crippen molar-refractivity contribution in [1.82, 2.24) is 10.0 Å². The van der Waals surface area contributed by atoms with Crippen LogP contribution in [0.4, 0.5) is 4.79 Å². The van der Waals surface area contributed by atoms with Gasteiger partial charge in [0.1, 0.15) is 5.75 Å². The van der Waals surface area contributed by atoms with E-state index in [1.54, 1.807) is 43.3 Å². The first-order valence-corrected chi connectivity index (χ1v) is 8.91. The molecule has 2 amide bonds. The maximum Gasteiger partial charge on any atom is 0.329 e. The van der Waals surface area contributed by atoms with E-state index in [9.17, 15) is 13.2 Å². The molecule has 0 fully saturated rings.